The molecule has 1 aromatic heterocycles. The third kappa shape index (κ3) is 6.98. The third-order valence-electron chi connectivity index (χ3n) is 13.7. The van der Waals surface area contributed by atoms with Gasteiger partial charge in [-0.15, -0.1) is 0 Å². The van der Waals surface area contributed by atoms with Gasteiger partial charge < -0.3 is 9.47 Å². The van der Waals surface area contributed by atoms with Gasteiger partial charge in [0.1, 0.15) is 11.5 Å². The van der Waals surface area contributed by atoms with E-state index in [1.54, 1.807) is 0 Å². The average molecular weight is 908 g/mol. The van der Waals surface area contributed by atoms with Gasteiger partial charge in [-0.2, -0.15) is 0 Å². The molecule has 0 amide bonds. The molecular formula is C63H49NO2Si2. The predicted octanol–water partition coefficient (Wildman–Crippen LogP) is 9.49. The van der Waals surface area contributed by atoms with Crippen molar-refractivity contribution in [3.8, 4) is 34.0 Å². The van der Waals surface area contributed by atoms with Crippen LogP contribution in [0.25, 0.3) is 44.1 Å². The maximum Gasteiger partial charge on any atom is 0.184 e. The highest BCUT2D eigenvalue weighted by atomic mass is 28.3. The highest BCUT2D eigenvalue weighted by molar-refractivity contribution is 7.21. The summed E-state index contributed by atoms with van der Waals surface area (Å²) in [5.74, 6) is 1.65. The Morgan fingerprint density at radius 3 is 0.838 bits per heavy atom. The molecule has 0 radical (unpaired) electrons. The molecule has 0 unspecified atom stereocenters. The van der Waals surface area contributed by atoms with Gasteiger partial charge in [-0.1, -0.05) is 249 Å². The lowest BCUT2D eigenvalue weighted by molar-refractivity contribution is 0.420. The van der Waals surface area contributed by atoms with Gasteiger partial charge in [0, 0.05) is 11.1 Å². The first-order chi connectivity index (χ1) is 33.7. The fraction of sp³-hybridized carbons (Fsp3) is 0.0317. The minimum atomic E-state index is -3.07. The molecule has 0 bridgehead atoms. The molecule has 0 saturated carbocycles. The van der Waals surface area contributed by atoms with E-state index >= 15 is 0 Å². The molecule has 11 aromatic rings. The first kappa shape index (κ1) is 42.5. The van der Waals surface area contributed by atoms with Crippen LogP contribution < -0.4 is 51.0 Å². The van der Waals surface area contributed by atoms with E-state index in [0.29, 0.717) is 0 Å². The zero-order chi connectivity index (χ0) is 45.9. The van der Waals surface area contributed by atoms with Crippen LogP contribution in [-0.4, -0.2) is 35.4 Å². The summed E-state index contributed by atoms with van der Waals surface area (Å²) in [6.45, 7) is 0. The molecule has 326 valence electrons. The van der Waals surface area contributed by atoms with Crippen LogP contribution in [0.2, 0.25) is 0 Å². The van der Waals surface area contributed by atoms with Crippen molar-refractivity contribution in [2.75, 3.05) is 14.2 Å². The summed E-state index contributed by atoms with van der Waals surface area (Å²) >= 11 is 0. The van der Waals surface area contributed by atoms with Crippen LogP contribution in [0.3, 0.4) is 0 Å². The second-order valence-corrected chi connectivity index (χ2v) is 24.8. The number of benzene rings is 10. The lowest BCUT2D eigenvalue weighted by Gasteiger charge is -2.36. The fourth-order valence-electron chi connectivity index (χ4n) is 10.9. The summed E-state index contributed by atoms with van der Waals surface area (Å²) in [4.78, 5) is 5.78. The fourth-order valence-corrected chi connectivity index (χ4v) is 20.8. The number of pyridine rings is 1. The van der Waals surface area contributed by atoms with E-state index in [2.05, 4.69) is 261 Å². The highest BCUT2D eigenvalue weighted by Crippen LogP contribution is 2.41. The van der Waals surface area contributed by atoms with E-state index in [9.17, 15) is 0 Å². The molecular weight excluding hydrogens is 859 g/mol. The van der Waals surface area contributed by atoms with Gasteiger partial charge in [-0.05, 0) is 75.2 Å². The largest absolute Gasteiger partial charge is 0.496 e. The Morgan fingerprint density at radius 2 is 0.559 bits per heavy atom. The normalized spacial score (nSPS) is 11.7. The van der Waals surface area contributed by atoms with Gasteiger partial charge in [0.05, 0.1) is 25.6 Å². The first-order valence-corrected chi connectivity index (χ1v) is 27.2. The van der Waals surface area contributed by atoms with Crippen molar-refractivity contribution < 1.29 is 9.47 Å². The van der Waals surface area contributed by atoms with E-state index in [1.807, 2.05) is 14.2 Å². The summed E-state index contributed by atoms with van der Waals surface area (Å²) < 4.78 is 13.7. The second kappa shape index (κ2) is 18.3. The van der Waals surface area contributed by atoms with Crippen molar-refractivity contribution >= 4 is 79.2 Å². The van der Waals surface area contributed by atoms with Crippen molar-refractivity contribution in [3.63, 3.8) is 0 Å². The minimum absolute atomic E-state index is 0.823. The van der Waals surface area contributed by atoms with Gasteiger partial charge in [0.25, 0.3) is 0 Å². The van der Waals surface area contributed by atoms with Crippen LogP contribution in [0.5, 0.6) is 11.5 Å². The average Bonchev–Trinajstić information content (AvgIpc) is 3.42. The number of nitrogens with zero attached hydrogens (tertiary/aromatic N) is 1. The van der Waals surface area contributed by atoms with Crippen molar-refractivity contribution in [1.29, 1.82) is 0 Å². The summed E-state index contributed by atoms with van der Waals surface area (Å²) in [5, 5.41) is 14.4. The van der Waals surface area contributed by atoms with Crippen molar-refractivity contribution in [3.05, 3.63) is 261 Å². The quantitative estimate of drug-likeness (QED) is 0.0905. The molecule has 0 N–H and O–H groups in total. The Morgan fingerprint density at radius 1 is 0.294 bits per heavy atom. The first-order valence-electron chi connectivity index (χ1n) is 23.2. The summed E-state index contributed by atoms with van der Waals surface area (Å²) in [7, 11) is -2.49. The maximum atomic E-state index is 6.86. The minimum Gasteiger partial charge on any atom is -0.496 e. The molecule has 10 aromatic carbocycles. The van der Waals surface area contributed by atoms with Crippen LogP contribution >= 0.6 is 0 Å². The zero-order valence-electron chi connectivity index (χ0n) is 38.1. The SMILES string of the molecule is COc1c([Si](c2ccccc2)(c2ccccc2)c2ccccc2)cc2ccccc2c1-c1cccc(-c2c(OC)c([Si](c3ccccc3)(c3ccccc3)c3ccccc3)cc3ccccc23)n1. The molecule has 11 rings (SSSR count). The standard InChI is InChI=1S/C63H49NO2Si2/c1-65-62-58(67(48-28-9-3-10-29-48,49-30-11-4-12-31-49)50-32-13-5-14-33-50)44-46-26-21-23-40-54(46)60(62)56-42-25-43-57(64-56)61-55-41-24-22-27-47(55)45-59(63(61)66-2)68(51-34-15-6-16-35-51,52-36-17-7-18-37-52)53-38-19-8-20-39-53/h3-45H,1-2H3. The summed E-state index contributed by atoms with van der Waals surface area (Å²) in [5.41, 5.74) is 3.57. The lowest BCUT2D eigenvalue weighted by Crippen LogP contribution is -2.75. The monoisotopic (exact) mass is 907 g/mol. The molecule has 0 aliphatic carbocycles. The Bertz CT molecular complexity index is 3090. The number of rotatable bonds is 12. The van der Waals surface area contributed by atoms with Gasteiger partial charge in [-0.3, -0.25) is 0 Å². The van der Waals surface area contributed by atoms with Crippen LogP contribution in [0.1, 0.15) is 0 Å². The van der Waals surface area contributed by atoms with E-state index < -0.39 is 16.1 Å². The topological polar surface area (TPSA) is 31.4 Å². The third-order valence-corrected chi connectivity index (χ3v) is 23.3. The number of hydrogen-bond donors (Lipinski definition) is 0. The Hall–Kier alpha value is -8.10. The number of methoxy groups -OCH3 is 2. The highest BCUT2D eigenvalue weighted by Gasteiger charge is 2.46. The lowest BCUT2D eigenvalue weighted by atomic mass is 9.98. The van der Waals surface area contributed by atoms with Crippen LogP contribution in [0, 0.1) is 0 Å². The summed E-state index contributed by atoms with van der Waals surface area (Å²) in [6.07, 6.45) is 0. The number of fused-ring (bicyclic) bond motifs is 2. The molecule has 68 heavy (non-hydrogen) atoms. The zero-order valence-corrected chi connectivity index (χ0v) is 40.1. The van der Waals surface area contributed by atoms with Crippen molar-refractivity contribution in [1.82, 2.24) is 4.98 Å². The predicted molar refractivity (Wildman–Crippen MR) is 290 cm³/mol. The Balaban J connectivity index is 1.24. The van der Waals surface area contributed by atoms with Crippen molar-refractivity contribution in [2.45, 2.75) is 0 Å². The maximum absolute atomic E-state index is 6.86. The van der Waals surface area contributed by atoms with Crippen molar-refractivity contribution in [2.24, 2.45) is 0 Å². The molecule has 5 heteroatoms. The van der Waals surface area contributed by atoms with E-state index in [1.165, 1.54) is 41.5 Å². The van der Waals surface area contributed by atoms with E-state index in [4.69, 9.17) is 14.5 Å². The smallest absolute Gasteiger partial charge is 0.184 e. The molecule has 0 saturated heterocycles. The molecule has 0 aliphatic rings. The summed E-state index contributed by atoms with van der Waals surface area (Å²) in [6, 6.07) is 94.8. The number of ether oxygens (including phenoxy) is 2. The Kier molecular flexibility index (Phi) is 11.4. The van der Waals surface area contributed by atoms with Crippen LogP contribution in [0.15, 0.2) is 261 Å². The van der Waals surface area contributed by atoms with Gasteiger partial charge >= 0.3 is 0 Å². The van der Waals surface area contributed by atoms with Gasteiger partial charge in [0.15, 0.2) is 16.1 Å². The van der Waals surface area contributed by atoms with Gasteiger partial charge in [0.2, 0.25) is 0 Å². The molecule has 0 spiro atoms. The second-order valence-electron chi connectivity index (χ2n) is 17.2. The molecule has 1 heterocycles. The molecule has 0 atom stereocenters. The molecule has 0 fully saturated rings. The molecule has 3 nitrogen and oxygen atoms in total. The van der Waals surface area contributed by atoms with Crippen LogP contribution in [0.4, 0.5) is 0 Å². The van der Waals surface area contributed by atoms with E-state index in [-0.39, 0.29) is 0 Å². The Labute approximate surface area is 400 Å². The number of hydrogen-bond acceptors (Lipinski definition) is 3. The van der Waals surface area contributed by atoms with Gasteiger partial charge in [-0.25, -0.2) is 4.98 Å². The molecule has 0 aliphatic heterocycles. The number of aromatic nitrogens is 1. The van der Waals surface area contributed by atoms with Crippen LogP contribution in [-0.2, 0) is 0 Å². The van der Waals surface area contributed by atoms with E-state index in [0.717, 1.165) is 55.6 Å².